The summed E-state index contributed by atoms with van der Waals surface area (Å²) < 4.78 is 7.12. The van der Waals surface area contributed by atoms with E-state index in [0.29, 0.717) is 0 Å². The molecule has 1 aromatic carbocycles. The highest BCUT2D eigenvalue weighted by Gasteiger charge is 2.09. The molecule has 0 aliphatic rings. The van der Waals surface area contributed by atoms with Gasteiger partial charge in [0.25, 0.3) is 5.91 Å². The first-order valence-corrected chi connectivity index (χ1v) is 7.73. The van der Waals surface area contributed by atoms with Crippen LogP contribution in [0.5, 0.6) is 5.75 Å². The maximum atomic E-state index is 11.8. The normalized spacial score (nSPS) is 10.3. The second-order valence-corrected chi connectivity index (χ2v) is 5.55. The van der Waals surface area contributed by atoms with Gasteiger partial charge in [0.15, 0.2) is 0 Å². The van der Waals surface area contributed by atoms with Crippen molar-refractivity contribution in [3.63, 3.8) is 0 Å². The average Bonchev–Trinajstić information content (AvgIpc) is 2.85. The average molecular weight is 330 g/mol. The Balaban J connectivity index is 1.68. The van der Waals surface area contributed by atoms with Crippen LogP contribution in [0.2, 0.25) is 0 Å². The molecule has 0 bridgehead atoms. The fourth-order valence-corrected chi connectivity index (χ4v) is 2.18. The van der Waals surface area contributed by atoms with Gasteiger partial charge in [-0.15, -0.1) is 0 Å². The molecule has 0 saturated carbocycles. The highest BCUT2D eigenvalue weighted by molar-refractivity contribution is 5.81. The second-order valence-electron chi connectivity index (χ2n) is 5.55. The molecule has 1 heterocycles. The van der Waals surface area contributed by atoms with Crippen LogP contribution in [0.3, 0.4) is 0 Å². The van der Waals surface area contributed by atoms with Crippen LogP contribution in [0.25, 0.3) is 0 Å². The van der Waals surface area contributed by atoms with E-state index in [2.05, 4.69) is 16.0 Å². The van der Waals surface area contributed by atoms with Crippen LogP contribution in [-0.2, 0) is 16.1 Å². The summed E-state index contributed by atoms with van der Waals surface area (Å²) in [6, 6.07) is 9.47. The van der Waals surface area contributed by atoms with Crippen LogP contribution in [0.4, 0.5) is 0 Å². The number of nitrogens with zero attached hydrogens (tertiary/aromatic N) is 2. The molecule has 0 atom stereocenters. The van der Waals surface area contributed by atoms with Crippen LogP contribution in [-0.4, -0.2) is 28.2 Å². The summed E-state index contributed by atoms with van der Waals surface area (Å²) >= 11 is 0. The lowest BCUT2D eigenvalue weighted by Gasteiger charge is -2.10. The molecule has 128 valence electrons. The summed E-state index contributed by atoms with van der Waals surface area (Å²) in [7, 11) is 0. The number of hydrazine groups is 1. The van der Waals surface area contributed by atoms with Crippen LogP contribution in [0.1, 0.15) is 23.4 Å². The van der Waals surface area contributed by atoms with E-state index in [-0.39, 0.29) is 31.4 Å². The third kappa shape index (κ3) is 5.12. The van der Waals surface area contributed by atoms with Crippen molar-refractivity contribution in [3.05, 3.63) is 47.3 Å². The van der Waals surface area contributed by atoms with E-state index >= 15 is 0 Å². The molecule has 2 N–H and O–H groups in total. The maximum absolute atomic E-state index is 11.8. The molecule has 0 spiro atoms. The minimum absolute atomic E-state index is 0.0552. The van der Waals surface area contributed by atoms with Gasteiger partial charge in [0, 0.05) is 5.69 Å². The van der Waals surface area contributed by atoms with Crippen molar-refractivity contribution in [2.24, 2.45) is 0 Å². The standard InChI is InChI=1S/C17H22N4O3/c1-12-6-4-5-7-15(12)24-9-8-16(22)18-19-17(23)11-21-14(3)10-13(2)20-21/h4-7,10H,8-9,11H2,1-3H3,(H,18,22)(H,19,23). The van der Waals surface area contributed by atoms with Gasteiger partial charge in [0.1, 0.15) is 12.3 Å². The Morgan fingerprint density at radius 1 is 1.12 bits per heavy atom. The molecule has 0 aliphatic carbocycles. The number of hydrogen-bond donors (Lipinski definition) is 2. The summed E-state index contributed by atoms with van der Waals surface area (Å²) in [5.74, 6) is 0.0959. The van der Waals surface area contributed by atoms with Crippen molar-refractivity contribution < 1.29 is 14.3 Å². The Morgan fingerprint density at radius 3 is 2.50 bits per heavy atom. The van der Waals surface area contributed by atoms with E-state index in [4.69, 9.17) is 4.74 Å². The summed E-state index contributed by atoms with van der Waals surface area (Å²) in [6.07, 6.45) is 0.147. The topological polar surface area (TPSA) is 85.2 Å². The fraction of sp³-hybridized carbons (Fsp3) is 0.353. The zero-order chi connectivity index (χ0) is 17.5. The Morgan fingerprint density at radius 2 is 1.83 bits per heavy atom. The molecule has 24 heavy (non-hydrogen) atoms. The van der Waals surface area contributed by atoms with E-state index in [1.54, 1.807) is 4.68 Å². The van der Waals surface area contributed by atoms with Crippen molar-refractivity contribution in [3.8, 4) is 5.75 Å². The van der Waals surface area contributed by atoms with Crippen LogP contribution in [0.15, 0.2) is 30.3 Å². The molecule has 0 radical (unpaired) electrons. The molecule has 2 aromatic rings. The number of aryl methyl sites for hydroxylation is 3. The van der Waals surface area contributed by atoms with Crippen molar-refractivity contribution in [1.29, 1.82) is 0 Å². The highest BCUT2D eigenvalue weighted by Crippen LogP contribution is 2.15. The third-order valence-electron chi connectivity index (χ3n) is 3.42. The number of ether oxygens (including phenoxy) is 1. The first-order chi connectivity index (χ1) is 11.5. The van der Waals surface area contributed by atoms with Gasteiger partial charge in [-0.2, -0.15) is 5.10 Å². The van der Waals surface area contributed by atoms with Gasteiger partial charge >= 0.3 is 0 Å². The molecular formula is C17H22N4O3. The Bertz CT molecular complexity index is 724. The minimum atomic E-state index is -0.339. The molecule has 1 aromatic heterocycles. The monoisotopic (exact) mass is 330 g/mol. The number of hydrogen-bond acceptors (Lipinski definition) is 4. The number of nitrogens with one attached hydrogen (secondary N) is 2. The Labute approximate surface area is 141 Å². The quantitative estimate of drug-likeness (QED) is 0.785. The first kappa shape index (κ1) is 17.5. The van der Waals surface area contributed by atoms with Crippen LogP contribution in [0, 0.1) is 20.8 Å². The zero-order valence-electron chi connectivity index (χ0n) is 14.1. The lowest BCUT2D eigenvalue weighted by atomic mass is 10.2. The summed E-state index contributed by atoms with van der Waals surface area (Å²) in [5, 5.41) is 4.19. The third-order valence-corrected chi connectivity index (χ3v) is 3.42. The van der Waals surface area contributed by atoms with Gasteiger partial charge in [0.05, 0.1) is 18.7 Å². The lowest BCUT2D eigenvalue weighted by molar-refractivity contribution is -0.129. The van der Waals surface area contributed by atoms with Gasteiger partial charge in [-0.1, -0.05) is 18.2 Å². The number of amides is 2. The number of para-hydroxylation sites is 1. The largest absolute Gasteiger partial charge is 0.493 e. The molecule has 0 fully saturated rings. The van der Waals surface area contributed by atoms with Crippen molar-refractivity contribution in [1.82, 2.24) is 20.6 Å². The fourth-order valence-electron chi connectivity index (χ4n) is 2.18. The zero-order valence-corrected chi connectivity index (χ0v) is 14.1. The lowest BCUT2D eigenvalue weighted by Crippen LogP contribution is -2.43. The van der Waals surface area contributed by atoms with E-state index in [1.807, 2.05) is 51.1 Å². The summed E-state index contributed by atoms with van der Waals surface area (Å²) in [5.41, 5.74) is 7.49. The number of carbonyl (C=O) groups excluding carboxylic acids is 2. The molecule has 2 amide bonds. The molecule has 0 aliphatic heterocycles. The molecule has 7 heteroatoms. The highest BCUT2D eigenvalue weighted by atomic mass is 16.5. The molecular weight excluding hydrogens is 308 g/mol. The smallest absolute Gasteiger partial charge is 0.260 e. The first-order valence-electron chi connectivity index (χ1n) is 7.73. The van der Waals surface area contributed by atoms with Crippen LogP contribution >= 0.6 is 0 Å². The molecule has 2 rings (SSSR count). The van der Waals surface area contributed by atoms with Gasteiger partial charge in [-0.05, 0) is 38.5 Å². The molecule has 0 unspecified atom stereocenters. The Hall–Kier alpha value is -2.83. The van der Waals surface area contributed by atoms with Crippen LogP contribution < -0.4 is 15.6 Å². The Kier molecular flexibility index (Phi) is 5.95. The number of carbonyl (C=O) groups is 2. The van der Waals surface area contributed by atoms with E-state index in [0.717, 1.165) is 22.7 Å². The van der Waals surface area contributed by atoms with Crippen molar-refractivity contribution in [2.75, 3.05) is 6.61 Å². The summed E-state index contributed by atoms with van der Waals surface area (Å²) in [6.45, 7) is 5.96. The van der Waals surface area contributed by atoms with Crippen molar-refractivity contribution >= 4 is 11.8 Å². The minimum Gasteiger partial charge on any atom is -0.493 e. The van der Waals surface area contributed by atoms with E-state index < -0.39 is 0 Å². The van der Waals surface area contributed by atoms with Gasteiger partial charge in [-0.25, -0.2) is 0 Å². The number of rotatable bonds is 6. The number of aromatic nitrogens is 2. The summed E-state index contributed by atoms with van der Waals surface area (Å²) in [4.78, 5) is 23.5. The van der Waals surface area contributed by atoms with E-state index in [9.17, 15) is 9.59 Å². The second kappa shape index (κ2) is 8.14. The van der Waals surface area contributed by atoms with Gasteiger partial charge < -0.3 is 4.74 Å². The van der Waals surface area contributed by atoms with E-state index in [1.165, 1.54) is 0 Å². The predicted octanol–water partition coefficient (Wildman–Crippen LogP) is 1.42. The van der Waals surface area contributed by atoms with Gasteiger partial charge in [0.2, 0.25) is 5.91 Å². The SMILES string of the molecule is Cc1cc(C)n(CC(=O)NNC(=O)CCOc2ccccc2C)n1. The number of benzene rings is 1. The maximum Gasteiger partial charge on any atom is 0.260 e. The molecule has 7 nitrogen and oxygen atoms in total. The molecule has 0 saturated heterocycles. The van der Waals surface area contributed by atoms with Gasteiger partial charge in [-0.3, -0.25) is 25.1 Å². The predicted molar refractivity (Wildman–Crippen MR) is 89.3 cm³/mol. The van der Waals surface area contributed by atoms with Crippen molar-refractivity contribution in [2.45, 2.75) is 33.7 Å².